The summed E-state index contributed by atoms with van der Waals surface area (Å²) in [5.41, 5.74) is 1.16. The molecule has 0 atom stereocenters. The highest BCUT2D eigenvalue weighted by Gasteiger charge is 2.29. The molecule has 0 aliphatic heterocycles. The van der Waals surface area contributed by atoms with E-state index in [-0.39, 0.29) is 6.61 Å². The molecule has 0 amide bonds. The Kier molecular flexibility index (Phi) is 4.82. The van der Waals surface area contributed by atoms with E-state index in [4.69, 9.17) is 4.84 Å². The fourth-order valence-electron chi connectivity index (χ4n) is 1.99. The summed E-state index contributed by atoms with van der Waals surface area (Å²) in [5.74, 6) is 0. The van der Waals surface area contributed by atoms with Crippen LogP contribution in [0.4, 0.5) is 13.2 Å². The minimum absolute atomic E-state index is 0.169. The Labute approximate surface area is 115 Å². The van der Waals surface area contributed by atoms with Crippen LogP contribution >= 0.6 is 0 Å². The molecule has 2 nitrogen and oxygen atoms in total. The average molecular weight is 283 g/mol. The van der Waals surface area contributed by atoms with E-state index >= 15 is 0 Å². The summed E-state index contributed by atoms with van der Waals surface area (Å²) < 4.78 is 37.1. The lowest BCUT2D eigenvalue weighted by atomic mass is 10.0. The van der Waals surface area contributed by atoms with E-state index < -0.39 is 11.7 Å². The van der Waals surface area contributed by atoms with Gasteiger partial charge in [-0.05, 0) is 49.0 Å². The molecule has 0 radical (unpaired) electrons. The van der Waals surface area contributed by atoms with Gasteiger partial charge >= 0.3 is 6.18 Å². The molecular formula is C15H16F3NO. The van der Waals surface area contributed by atoms with Gasteiger partial charge in [0.1, 0.15) is 6.61 Å². The van der Waals surface area contributed by atoms with E-state index in [9.17, 15) is 13.2 Å². The molecular weight excluding hydrogens is 267 g/mol. The maximum absolute atomic E-state index is 12.4. The van der Waals surface area contributed by atoms with Crippen molar-refractivity contribution in [2.75, 3.05) is 0 Å². The molecule has 20 heavy (non-hydrogen) atoms. The zero-order valence-corrected chi connectivity index (χ0v) is 11.0. The Bertz CT molecular complexity index is 489. The molecule has 2 rings (SSSR count). The summed E-state index contributed by atoms with van der Waals surface area (Å²) >= 11 is 0. The van der Waals surface area contributed by atoms with Crippen molar-refractivity contribution >= 4 is 6.21 Å². The summed E-state index contributed by atoms with van der Waals surface area (Å²) in [6.45, 7) is 0.169. The normalized spacial score (nSPS) is 16.2. The van der Waals surface area contributed by atoms with Crippen LogP contribution in [0.2, 0.25) is 0 Å². The Balaban J connectivity index is 1.82. The standard InChI is InChI=1S/C15H16F3NO/c16-15(17,18)14-8-6-13(7-9-14)11-20-19-10-12-4-2-1-3-5-12/h4,6-10H,1-3,5,11H2. The molecule has 0 spiro atoms. The van der Waals surface area contributed by atoms with Gasteiger partial charge in [0.2, 0.25) is 0 Å². The first-order chi connectivity index (χ1) is 9.55. The number of rotatable bonds is 4. The highest BCUT2D eigenvalue weighted by atomic mass is 19.4. The Hall–Kier alpha value is -1.78. The van der Waals surface area contributed by atoms with Crippen LogP contribution in [0.1, 0.15) is 36.8 Å². The quantitative estimate of drug-likeness (QED) is 0.579. The maximum atomic E-state index is 12.4. The molecule has 0 bridgehead atoms. The van der Waals surface area contributed by atoms with Gasteiger partial charge < -0.3 is 4.84 Å². The number of allylic oxidation sites excluding steroid dienone is 2. The van der Waals surface area contributed by atoms with Gasteiger partial charge in [-0.15, -0.1) is 0 Å². The number of halogens is 3. The van der Waals surface area contributed by atoms with E-state index in [1.165, 1.54) is 18.6 Å². The fourth-order valence-corrected chi connectivity index (χ4v) is 1.99. The second-order valence-electron chi connectivity index (χ2n) is 4.73. The number of nitrogens with zero attached hydrogens (tertiary/aromatic N) is 1. The summed E-state index contributed by atoms with van der Waals surface area (Å²) in [6, 6.07) is 4.90. The van der Waals surface area contributed by atoms with E-state index in [0.29, 0.717) is 5.56 Å². The van der Waals surface area contributed by atoms with Crippen molar-refractivity contribution < 1.29 is 18.0 Å². The first-order valence-electron chi connectivity index (χ1n) is 6.56. The van der Waals surface area contributed by atoms with Crippen molar-refractivity contribution in [2.45, 2.75) is 38.5 Å². The van der Waals surface area contributed by atoms with E-state index in [1.807, 2.05) is 0 Å². The molecule has 1 aromatic carbocycles. The summed E-state index contributed by atoms with van der Waals surface area (Å²) in [4.78, 5) is 5.10. The van der Waals surface area contributed by atoms with Crippen LogP contribution in [-0.4, -0.2) is 6.21 Å². The second kappa shape index (κ2) is 6.59. The largest absolute Gasteiger partial charge is 0.416 e. The number of alkyl halides is 3. The number of benzene rings is 1. The molecule has 0 fully saturated rings. The minimum atomic E-state index is -4.30. The Morgan fingerprint density at radius 2 is 1.90 bits per heavy atom. The first kappa shape index (κ1) is 14.6. The molecule has 0 unspecified atom stereocenters. The van der Waals surface area contributed by atoms with Crippen molar-refractivity contribution in [1.82, 2.24) is 0 Å². The predicted molar refractivity (Wildman–Crippen MR) is 71.3 cm³/mol. The van der Waals surface area contributed by atoms with Crippen LogP contribution in [0.5, 0.6) is 0 Å². The molecule has 5 heteroatoms. The summed E-state index contributed by atoms with van der Waals surface area (Å²) in [7, 11) is 0. The molecule has 108 valence electrons. The van der Waals surface area contributed by atoms with Gasteiger partial charge in [0, 0.05) is 0 Å². The second-order valence-corrected chi connectivity index (χ2v) is 4.73. The predicted octanol–water partition coefficient (Wildman–Crippen LogP) is 4.71. The van der Waals surface area contributed by atoms with Gasteiger partial charge in [0.15, 0.2) is 0 Å². The molecule has 0 N–H and O–H groups in total. The van der Waals surface area contributed by atoms with Gasteiger partial charge in [0.05, 0.1) is 11.8 Å². The lowest BCUT2D eigenvalue weighted by Crippen LogP contribution is -2.04. The van der Waals surface area contributed by atoms with Crippen molar-refractivity contribution in [3.63, 3.8) is 0 Å². The van der Waals surface area contributed by atoms with Crippen LogP contribution in [0.25, 0.3) is 0 Å². The van der Waals surface area contributed by atoms with Gasteiger partial charge in [-0.25, -0.2) is 0 Å². The van der Waals surface area contributed by atoms with Crippen LogP contribution in [-0.2, 0) is 17.6 Å². The van der Waals surface area contributed by atoms with E-state index in [0.717, 1.165) is 37.0 Å². The SMILES string of the molecule is FC(F)(F)c1ccc(CON=CC2=CCCCC2)cc1. The van der Waals surface area contributed by atoms with Gasteiger partial charge in [0.25, 0.3) is 0 Å². The Morgan fingerprint density at radius 1 is 1.15 bits per heavy atom. The van der Waals surface area contributed by atoms with Gasteiger partial charge in [-0.2, -0.15) is 13.2 Å². The van der Waals surface area contributed by atoms with Gasteiger partial charge in [-0.3, -0.25) is 0 Å². The first-order valence-corrected chi connectivity index (χ1v) is 6.56. The lowest BCUT2D eigenvalue weighted by Gasteiger charge is -2.08. The van der Waals surface area contributed by atoms with Crippen LogP contribution in [0, 0.1) is 0 Å². The van der Waals surface area contributed by atoms with Crippen molar-refractivity contribution in [3.8, 4) is 0 Å². The number of oxime groups is 1. The minimum Gasteiger partial charge on any atom is -0.391 e. The highest BCUT2D eigenvalue weighted by molar-refractivity contribution is 5.78. The summed E-state index contributed by atoms with van der Waals surface area (Å²) in [5, 5.41) is 3.85. The zero-order chi connectivity index (χ0) is 14.4. The van der Waals surface area contributed by atoms with E-state index in [1.54, 1.807) is 6.21 Å². The van der Waals surface area contributed by atoms with Crippen molar-refractivity contribution in [3.05, 3.63) is 47.0 Å². The highest BCUT2D eigenvalue weighted by Crippen LogP contribution is 2.29. The molecule has 0 saturated carbocycles. The van der Waals surface area contributed by atoms with Gasteiger partial charge in [-0.1, -0.05) is 23.4 Å². The van der Waals surface area contributed by atoms with Crippen LogP contribution in [0.15, 0.2) is 41.1 Å². The number of hydrogen-bond donors (Lipinski definition) is 0. The topological polar surface area (TPSA) is 21.6 Å². The molecule has 0 saturated heterocycles. The fraction of sp³-hybridized carbons (Fsp3) is 0.400. The lowest BCUT2D eigenvalue weighted by molar-refractivity contribution is -0.137. The third kappa shape index (κ3) is 4.40. The maximum Gasteiger partial charge on any atom is 0.416 e. The summed E-state index contributed by atoms with van der Waals surface area (Å²) in [6.07, 6.45) is 3.97. The van der Waals surface area contributed by atoms with Crippen molar-refractivity contribution in [1.29, 1.82) is 0 Å². The van der Waals surface area contributed by atoms with Crippen molar-refractivity contribution in [2.24, 2.45) is 5.16 Å². The monoisotopic (exact) mass is 283 g/mol. The Morgan fingerprint density at radius 3 is 2.50 bits per heavy atom. The number of hydrogen-bond acceptors (Lipinski definition) is 2. The molecule has 1 aliphatic rings. The third-order valence-corrected chi connectivity index (χ3v) is 3.13. The van der Waals surface area contributed by atoms with Crippen LogP contribution in [0.3, 0.4) is 0 Å². The van der Waals surface area contributed by atoms with E-state index in [2.05, 4.69) is 11.2 Å². The van der Waals surface area contributed by atoms with Crippen LogP contribution < -0.4 is 0 Å². The average Bonchev–Trinajstić information content (AvgIpc) is 2.44. The molecule has 1 aromatic rings. The molecule has 1 aliphatic carbocycles. The molecule has 0 aromatic heterocycles. The smallest absolute Gasteiger partial charge is 0.391 e. The molecule has 0 heterocycles. The third-order valence-electron chi connectivity index (χ3n) is 3.13. The zero-order valence-electron chi connectivity index (χ0n) is 11.0.